The van der Waals surface area contributed by atoms with E-state index in [-0.39, 0.29) is 12.0 Å². The first-order valence-electron chi connectivity index (χ1n) is 7.81. The minimum atomic E-state index is -0.264. The smallest absolute Gasteiger partial charge is 0.257 e. The van der Waals surface area contributed by atoms with Gasteiger partial charge in [-0.1, -0.05) is 6.92 Å². The van der Waals surface area contributed by atoms with Gasteiger partial charge >= 0.3 is 0 Å². The Labute approximate surface area is 139 Å². The number of pyridine rings is 1. The van der Waals surface area contributed by atoms with Crippen molar-refractivity contribution in [3.05, 3.63) is 29.6 Å². The molecule has 3 heterocycles. The van der Waals surface area contributed by atoms with Crippen LogP contribution in [0.3, 0.4) is 0 Å². The van der Waals surface area contributed by atoms with Gasteiger partial charge in [-0.3, -0.25) is 9.89 Å². The Morgan fingerprint density at radius 2 is 2.29 bits per heavy atom. The molecule has 24 heavy (non-hydrogen) atoms. The fraction of sp³-hybridized carbons (Fsp3) is 0.375. The summed E-state index contributed by atoms with van der Waals surface area (Å²) in [6.07, 6.45) is 2.47. The van der Waals surface area contributed by atoms with E-state index in [0.717, 1.165) is 17.5 Å². The van der Waals surface area contributed by atoms with Crippen LogP contribution in [0.5, 0.6) is 5.88 Å². The van der Waals surface area contributed by atoms with Gasteiger partial charge in [-0.25, -0.2) is 9.67 Å². The van der Waals surface area contributed by atoms with Crippen molar-refractivity contribution in [2.45, 2.75) is 33.3 Å². The second-order valence-corrected chi connectivity index (χ2v) is 5.68. The number of aromatic amines is 1. The highest BCUT2D eigenvalue weighted by molar-refractivity contribution is 6.08. The number of amides is 1. The molecule has 8 nitrogen and oxygen atoms in total. The molecular formula is C16H20N6O2. The molecule has 0 fully saturated rings. The number of carbonyl (C=O) groups is 1. The highest BCUT2D eigenvalue weighted by Crippen LogP contribution is 2.24. The summed E-state index contributed by atoms with van der Waals surface area (Å²) in [5.41, 5.74) is 1.96. The number of H-pyrrole nitrogens is 1. The average molecular weight is 328 g/mol. The van der Waals surface area contributed by atoms with Crippen LogP contribution in [0.25, 0.3) is 11.0 Å². The number of carbonyl (C=O) groups excluding carboxylic acids is 1. The molecule has 1 atom stereocenters. The van der Waals surface area contributed by atoms with Gasteiger partial charge in [-0.2, -0.15) is 10.2 Å². The van der Waals surface area contributed by atoms with Crippen LogP contribution >= 0.6 is 0 Å². The van der Waals surface area contributed by atoms with E-state index in [1.54, 1.807) is 23.0 Å². The van der Waals surface area contributed by atoms with E-state index in [1.165, 1.54) is 0 Å². The van der Waals surface area contributed by atoms with Crippen LogP contribution in [0.2, 0.25) is 0 Å². The summed E-state index contributed by atoms with van der Waals surface area (Å²) in [5.74, 6) is 0.700. The van der Waals surface area contributed by atoms with Gasteiger partial charge in [0.2, 0.25) is 5.88 Å². The van der Waals surface area contributed by atoms with Crippen LogP contribution < -0.4 is 10.1 Å². The maximum absolute atomic E-state index is 12.5. The lowest BCUT2D eigenvalue weighted by Crippen LogP contribution is -2.14. The normalized spacial score (nSPS) is 12.3. The minimum absolute atomic E-state index is 0.0427. The van der Waals surface area contributed by atoms with Gasteiger partial charge < -0.3 is 10.1 Å². The van der Waals surface area contributed by atoms with Gasteiger partial charge in [0.1, 0.15) is 5.82 Å². The van der Waals surface area contributed by atoms with Gasteiger partial charge in [-0.05, 0) is 26.3 Å². The number of fused-ring (bicyclic) bond motifs is 1. The molecule has 1 unspecified atom stereocenters. The van der Waals surface area contributed by atoms with Crippen molar-refractivity contribution < 1.29 is 9.53 Å². The highest BCUT2D eigenvalue weighted by Gasteiger charge is 2.17. The second kappa shape index (κ2) is 6.31. The standard InChI is InChI=1S/C16H20N6O2/c1-5-9(2)24-12-8-11(6-7-17-12)16(23)18-14-13-10(3)21-22(4)15(13)20-19-14/h6-9H,5H2,1-4H3,(H2,18,19,20,23). The van der Waals surface area contributed by atoms with E-state index in [0.29, 0.717) is 22.9 Å². The Kier molecular flexibility index (Phi) is 4.20. The lowest BCUT2D eigenvalue weighted by Gasteiger charge is -2.12. The van der Waals surface area contributed by atoms with E-state index in [1.807, 2.05) is 27.8 Å². The molecule has 3 aromatic heterocycles. The molecule has 1 amide bonds. The quantitative estimate of drug-likeness (QED) is 0.749. The highest BCUT2D eigenvalue weighted by atomic mass is 16.5. The second-order valence-electron chi connectivity index (χ2n) is 5.68. The molecule has 8 heteroatoms. The van der Waals surface area contributed by atoms with Gasteiger partial charge in [0, 0.05) is 24.9 Å². The Hall–Kier alpha value is -2.90. The topological polar surface area (TPSA) is 97.7 Å². The summed E-state index contributed by atoms with van der Waals surface area (Å²) in [6.45, 7) is 5.86. The maximum Gasteiger partial charge on any atom is 0.257 e. The monoisotopic (exact) mass is 328 g/mol. The summed E-state index contributed by atoms with van der Waals surface area (Å²) in [6, 6.07) is 3.27. The van der Waals surface area contributed by atoms with Gasteiger partial charge in [0.25, 0.3) is 5.91 Å². The van der Waals surface area contributed by atoms with E-state index in [2.05, 4.69) is 25.6 Å². The molecule has 3 aromatic rings. The molecule has 0 spiro atoms. The molecule has 0 saturated carbocycles. The molecule has 0 radical (unpaired) electrons. The molecule has 2 N–H and O–H groups in total. The summed E-state index contributed by atoms with van der Waals surface area (Å²) in [5, 5.41) is 15.0. The van der Waals surface area contributed by atoms with Gasteiger partial charge in [0.15, 0.2) is 5.65 Å². The Morgan fingerprint density at radius 3 is 3.04 bits per heavy atom. The minimum Gasteiger partial charge on any atom is -0.475 e. The number of anilines is 1. The molecule has 0 aliphatic heterocycles. The molecule has 0 aliphatic carbocycles. The molecule has 0 bridgehead atoms. The van der Waals surface area contributed by atoms with Gasteiger partial charge in [-0.15, -0.1) is 0 Å². The van der Waals surface area contributed by atoms with Crippen molar-refractivity contribution in [1.82, 2.24) is 25.0 Å². The first-order valence-corrected chi connectivity index (χ1v) is 7.81. The summed E-state index contributed by atoms with van der Waals surface area (Å²) >= 11 is 0. The van der Waals surface area contributed by atoms with Crippen LogP contribution in [0.4, 0.5) is 5.82 Å². The lowest BCUT2D eigenvalue weighted by atomic mass is 10.2. The Morgan fingerprint density at radius 1 is 1.50 bits per heavy atom. The zero-order valence-corrected chi connectivity index (χ0v) is 14.1. The number of hydrogen-bond donors (Lipinski definition) is 2. The van der Waals surface area contributed by atoms with Crippen molar-refractivity contribution in [2.24, 2.45) is 7.05 Å². The van der Waals surface area contributed by atoms with E-state index < -0.39 is 0 Å². The number of ether oxygens (including phenoxy) is 1. The zero-order chi connectivity index (χ0) is 17.3. The molecule has 3 rings (SSSR count). The van der Waals surface area contributed by atoms with E-state index >= 15 is 0 Å². The number of aryl methyl sites for hydroxylation is 2. The molecule has 0 aliphatic rings. The first-order chi connectivity index (χ1) is 11.5. The predicted molar refractivity (Wildman–Crippen MR) is 90.2 cm³/mol. The predicted octanol–water partition coefficient (Wildman–Crippen LogP) is 2.43. The van der Waals surface area contributed by atoms with Crippen LogP contribution in [0, 0.1) is 6.92 Å². The number of rotatable bonds is 5. The average Bonchev–Trinajstić information content (AvgIpc) is 3.10. The lowest BCUT2D eigenvalue weighted by molar-refractivity contribution is 0.102. The zero-order valence-electron chi connectivity index (χ0n) is 14.1. The fourth-order valence-corrected chi connectivity index (χ4v) is 2.41. The summed E-state index contributed by atoms with van der Waals surface area (Å²) in [7, 11) is 1.81. The van der Waals surface area contributed by atoms with Crippen molar-refractivity contribution in [3.8, 4) is 5.88 Å². The number of nitrogens with zero attached hydrogens (tertiary/aromatic N) is 4. The number of aromatic nitrogens is 5. The molecule has 126 valence electrons. The van der Waals surface area contributed by atoms with Crippen LogP contribution in [-0.2, 0) is 7.05 Å². The Bertz CT molecular complexity index is 882. The van der Waals surface area contributed by atoms with Gasteiger partial charge in [0.05, 0.1) is 17.2 Å². The van der Waals surface area contributed by atoms with E-state index in [9.17, 15) is 4.79 Å². The van der Waals surface area contributed by atoms with Crippen molar-refractivity contribution in [2.75, 3.05) is 5.32 Å². The third-order valence-corrected chi connectivity index (χ3v) is 3.85. The Balaban J connectivity index is 1.83. The largest absolute Gasteiger partial charge is 0.475 e. The van der Waals surface area contributed by atoms with Crippen molar-refractivity contribution in [3.63, 3.8) is 0 Å². The summed E-state index contributed by atoms with van der Waals surface area (Å²) < 4.78 is 7.33. The number of hydrogen-bond acceptors (Lipinski definition) is 5. The maximum atomic E-state index is 12.5. The van der Waals surface area contributed by atoms with Crippen LogP contribution in [0.15, 0.2) is 18.3 Å². The third-order valence-electron chi connectivity index (χ3n) is 3.85. The van der Waals surface area contributed by atoms with Crippen molar-refractivity contribution in [1.29, 1.82) is 0 Å². The molecule has 0 saturated heterocycles. The molecular weight excluding hydrogens is 308 g/mol. The number of nitrogens with one attached hydrogen (secondary N) is 2. The summed E-state index contributed by atoms with van der Waals surface area (Å²) in [4.78, 5) is 16.7. The SMILES string of the molecule is CCC(C)Oc1cc(C(=O)Nc2[nH]nc3c2c(C)nn3C)ccn1. The van der Waals surface area contributed by atoms with Crippen LogP contribution in [-0.4, -0.2) is 37.0 Å². The third kappa shape index (κ3) is 2.94. The fourth-order valence-electron chi connectivity index (χ4n) is 2.41. The first kappa shape index (κ1) is 16.0. The van der Waals surface area contributed by atoms with Crippen LogP contribution in [0.1, 0.15) is 36.3 Å². The van der Waals surface area contributed by atoms with Crippen molar-refractivity contribution >= 4 is 22.8 Å². The molecule has 0 aromatic carbocycles. The van der Waals surface area contributed by atoms with E-state index in [4.69, 9.17) is 4.74 Å².